The van der Waals surface area contributed by atoms with Crippen molar-refractivity contribution in [1.29, 1.82) is 0 Å². The maximum atomic E-state index is 10.7. The van der Waals surface area contributed by atoms with Crippen LogP contribution in [0.4, 0.5) is 0 Å². The van der Waals surface area contributed by atoms with Gasteiger partial charge in [-0.1, -0.05) is 0 Å². The number of rotatable bonds is 4. The van der Waals surface area contributed by atoms with Crippen LogP contribution >= 0.6 is 0 Å². The molecule has 106 valence electrons. The number of carboxylic acid groups (broad SMARTS) is 1. The lowest BCUT2D eigenvalue weighted by atomic mass is 9.99. The zero-order valence-corrected chi connectivity index (χ0v) is 11.5. The quantitative estimate of drug-likeness (QED) is 0.762. The first-order valence-electron chi connectivity index (χ1n) is 5.85. The molecule has 0 fully saturated rings. The largest absolute Gasteiger partial charge is 0.478 e. The molecular formula is C11H20O6S. The molecule has 2 N–H and O–H groups in total. The Morgan fingerprint density at radius 3 is 2.00 bits per heavy atom. The minimum absolute atomic E-state index is 0.125. The van der Waals surface area contributed by atoms with Crippen LogP contribution in [0.3, 0.4) is 0 Å². The molecule has 0 aromatic heterocycles. The maximum Gasteiger partial charge on any atom is 0.332 e. The highest BCUT2D eigenvalue weighted by Crippen LogP contribution is 2.27. The fourth-order valence-corrected chi connectivity index (χ4v) is 2.50. The van der Waals surface area contributed by atoms with E-state index < -0.39 is 16.1 Å². The summed E-state index contributed by atoms with van der Waals surface area (Å²) >= 11 is 0. The lowest BCUT2D eigenvalue weighted by molar-refractivity contribution is -0.132. The fraction of sp³-hybridized carbons (Fsp3) is 0.727. The molecular weight excluding hydrogens is 260 g/mol. The summed E-state index contributed by atoms with van der Waals surface area (Å²) in [5.74, 6) is -1.26. The van der Waals surface area contributed by atoms with E-state index in [2.05, 4.69) is 0 Å². The van der Waals surface area contributed by atoms with E-state index in [1.807, 2.05) is 13.8 Å². The van der Waals surface area contributed by atoms with Gasteiger partial charge in [0, 0.05) is 13.2 Å². The summed E-state index contributed by atoms with van der Waals surface area (Å²) in [6.07, 6.45) is 1.59. The van der Waals surface area contributed by atoms with Crippen molar-refractivity contribution in [3.05, 3.63) is 10.5 Å². The summed E-state index contributed by atoms with van der Waals surface area (Å²) < 4.78 is 35.0. The van der Waals surface area contributed by atoms with Crippen LogP contribution in [0.1, 0.15) is 39.5 Å². The third-order valence-electron chi connectivity index (χ3n) is 2.39. The Balaban J connectivity index is 0.000000494. The predicted molar refractivity (Wildman–Crippen MR) is 66.8 cm³/mol. The average Bonchev–Trinajstić information content (AvgIpc) is 2.30. The summed E-state index contributed by atoms with van der Waals surface area (Å²) in [5, 5.41) is 8.64. The van der Waals surface area contributed by atoms with Crippen molar-refractivity contribution in [2.45, 2.75) is 39.5 Å². The second-order valence-electron chi connectivity index (χ2n) is 3.67. The first-order valence-corrected chi connectivity index (χ1v) is 7.29. The van der Waals surface area contributed by atoms with Gasteiger partial charge in [-0.05, 0) is 39.5 Å². The Kier molecular flexibility index (Phi) is 7.81. The van der Waals surface area contributed by atoms with Crippen molar-refractivity contribution >= 4 is 16.1 Å². The highest BCUT2D eigenvalue weighted by molar-refractivity contribution is 7.89. The Hall–Kier alpha value is -0.920. The van der Waals surface area contributed by atoms with Gasteiger partial charge in [-0.3, -0.25) is 4.55 Å². The molecule has 1 aliphatic carbocycles. The first kappa shape index (κ1) is 17.1. The number of ether oxygens (including phenoxy) is 1. The molecule has 0 saturated carbocycles. The number of aliphatic carboxylic acids is 1. The number of carboxylic acids is 1. The predicted octanol–water partition coefficient (Wildman–Crippen LogP) is 1.83. The molecule has 0 aromatic rings. The smallest absolute Gasteiger partial charge is 0.332 e. The first-order chi connectivity index (χ1) is 8.34. The van der Waals surface area contributed by atoms with E-state index in [1.54, 1.807) is 0 Å². The molecule has 0 saturated heterocycles. The van der Waals surface area contributed by atoms with Gasteiger partial charge in [0.1, 0.15) is 0 Å². The van der Waals surface area contributed by atoms with Gasteiger partial charge < -0.3 is 9.84 Å². The molecule has 0 unspecified atom stereocenters. The highest BCUT2D eigenvalue weighted by Gasteiger charge is 2.26. The number of hydrogen-bond donors (Lipinski definition) is 2. The van der Waals surface area contributed by atoms with E-state index >= 15 is 0 Å². The zero-order chi connectivity index (χ0) is 14.2. The van der Waals surface area contributed by atoms with E-state index in [4.69, 9.17) is 14.4 Å². The zero-order valence-electron chi connectivity index (χ0n) is 10.7. The van der Waals surface area contributed by atoms with E-state index in [0.717, 1.165) is 13.2 Å². The average molecular weight is 280 g/mol. The van der Waals surface area contributed by atoms with Crippen LogP contribution in [0, 0.1) is 0 Å². The second kappa shape index (κ2) is 8.23. The standard InChI is InChI=1S/C7H10O5S.C4H10O/c8-7(9)5-3-1-2-4-6(5)13(10,11)12;1-3-5-4-2/h1-4H2,(H,8,9)(H,10,11,12);3-4H2,1-2H3. The van der Waals surface area contributed by atoms with Gasteiger partial charge in [0.05, 0.1) is 10.5 Å². The third kappa shape index (κ3) is 6.13. The van der Waals surface area contributed by atoms with Gasteiger partial charge in [0.25, 0.3) is 10.1 Å². The second-order valence-corrected chi connectivity index (χ2v) is 5.11. The molecule has 0 radical (unpaired) electrons. The number of allylic oxidation sites excluding steroid dienone is 1. The van der Waals surface area contributed by atoms with Crippen LogP contribution in [-0.2, 0) is 19.6 Å². The van der Waals surface area contributed by atoms with E-state index in [-0.39, 0.29) is 23.3 Å². The molecule has 0 aromatic carbocycles. The highest BCUT2D eigenvalue weighted by atomic mass is 32.2. The molecule has 1 rings (SSSR count). The fourth-order valence-electron chi connectivity index (χ4n) is 1.59. The summed E-state index contributed by atoms with van der Waals surface area (Å²) in [4.78, 5) is 10.3. The molecule has 0 spiro atoms. The Morgan fingerprint density at radius 2 is 1.72 bits per heavy atom. The molecule has 0 aliphatic heterocycles. The van der Waals surface area contributed by atoms with Crippen molar-refractivity contribution < 1.29 is 27.6 Å². The van der Waals surface area contributed by atoms with Gasteiger partial charge in [-0.2, -0.15) is 8.42 Å². The lowest BCUT2D eigenvalue weighted by Gasteiger charge is -2.14. The van der Waals surface area contributed by atoms with Crippen molar-refractivity contribution in [2.24, 2.45) is 0 Å². The molecule has 7 heteroatoms. The minimum Gasteiger partial charge on any atom is -0.478 e. The van der Waals surface area contributed by atoms with Crippen LogP contribution in [0.5, 0.6) is 0 Å². The van der Waals surface area contributed by atoms with Crippen LogP contribution in [0.25, 0.3) is 0 Å². The van der Waals surface area contributed by atoms with E-state index in [9.17, 15) is 13.2 Å². The molecule has 0 atom stereocenters. The Labute approximate surface area is 107 Å². The Bertz CT molecular complexity index is 394. The summed E-state index contributed by atoms with van der Waals surface area (Å²) in [6, 6.07) is 0. The van der Waals surface area contributed by atoms with Crippen molar-refractivity contribution in [1.82, 2.24) is 0 Å². The third-order valence-corrected chi connectivity index (χ3v) is 3.47. The number of hydrogen-bond acceptors (Lipinski definition) is 4. The van der Waals surface area contributed by atoms with Crippen LogP contribution in [0.2, 0.25) is 0 Å². The Morgan fingerprint density at radius 1 is 1.22 bits per heavy atom. The van der Waals surface area contributed by atoms with Gasteiger partial charge in [-0.15, -0.1) is 0 Å². The normalized spacial score (nSPS) is 15.9. The molecule has 0 bridgehead atoms. The SMILES string of the molecule is CCOCC.O=C(O)C1=C(S(=O)(=O)O)CCCC1. The van der Waals surface area contributed by atoms with Crippen molar-refractivity contribution in [3.8, 4) is 0 Å². The number of carbonyl (C=O) groups is 1. The monoisotopic (exact) mass is 280 g/mol. The van der Waals surface area contributed by atoms with Gasteiger partial charge in [0.2, 0.25) is 0 Å². The van der Waals surface area contributed by atoms with Gasteiger partial charge in [-0.25, -0.2) is 4.79 Å². The van der Waals surface area contributed by atoms with E-state index in [1.165, 1.54) is 0 Å². The van der Waals surface area contributed by atoms with Gasteiger partial charge in [0.15, 0.2) is 0 Å². The molecule has 18 heavy (non-hydrogen) atoms. The minimum atomic E-state index is -4.32. The lowest BCUT2D eigenvalue weighted by Crippen LogP contribution is -2.15. The van der Waals surface area contributed by atoms with Crippen LogP contribution < -0.4 is 0 Å². The molecule has 1 aliphatic rings. The van der Waals surface area contributed by atoms with E-state index in [0.29, 0.717) is 12.8 Å². The van der Waals surface area contributed by atoms with Crippen LogP contribution in [-0.4, -0.2) is 37.3 Å². The topological polar surface area (TPSA) is 101 Å². The molecule has 0 amide bonds. The maximum absolute atomic E-state index is 10.7. The summed E-state index contributed by atoms with van der Waals surface area (Å²) in [6.45, 7) is 5.67. The van der Waals surface area contributed by atoms with Crippen molar-refractivity contribution in [2.75, 3.05) is 13.2 Å². The molecule has 0 heterocycles. The summed E-state index contributed by atoms with van der Waals surface area (Å²) in [5.41, 5.74) is -0.172. The summed E-state index contributed by atoms with van der Waals surface area (Å²) in [7, 11) is -4.32. The van der Waals surface area contributed by atoms with Crippen LogP contribution in [0.15, 0.2) is 10.5 Å². The van der Waals surface area contributed by atoms with Gasteiger partial charge >= 0.3 is 5.97 Å². The molecule has 6 nitrogen and oxygen atoms in total. The van der Waals surface area contributed by atoms with Crippen molar-refractivity contribution in [3.63, 3.8) is 0 Å².